The third-order valence-electron chi connectivity index (χ3n) is 6.20. The van der Waals surface area contributed by atoms with E-state index in [1.165, 1.54) is 55.6 Å². The molecule has 1 aliphatic rings. The summed E-state index contributed by atoms with van der Waals surface area (Å²) >= 11 is 0. The minimum atomic E-state index is 0.947. The lowest BCUT2D eigenvalue weighted by molar-refractivity contribution is 0.518. The Morgan fingerprint density at radius 2 is 1.59 bits per heavy atom. The summed E-state index contributed by atoms with van der Waals surface area (Å²) in [6.45, 7) is 13.1. The van der Waals surface area contributed by atoms with Gasteiger partial charge < -0.3 is 4.42 Å². The van der Waals surface area contributed by atoms with Gasteiger partial charge in [-0.05, 0) is 109 Å². The highest BCUT2D eigenvalue weighted by atomic mass is 16.3. The largest absolute Gasteiger partial charge is 0.461 e. The van der Waals surface area contributed by atoms with Crippen molar-refractivity contribution in [3.05, 3.63) is 80.8 Å². The van der Waals surface area contributed by atoms with Crippen LogP contribution < -0.4 is 0 Å². The number of furan rings is 1. The maximum absolute atomic E-state index is 6.02. The molecule has 0 bridgehead atoms. The van der Waals surface area contributed by atoms with Gasteiger partial charge in [0.1, 0.15) is 11.5 Å². The van der Waals surface area contributed by atoms with Gasteiger partial charge >= 0.3 is 0 Å². The predicted octanol–water partition coefficient (Wildman–Crippen LogP) is 7.15. The van der Waals surface area contributed by atoms with Gasteiger partial charge in [-0.1, -0.05) is 31.2 Å². The lowest BCUT2D eigenvalue weighted by Gasteiger charge is -2.16. The second kappa shape index (κ2) is 6.56. The van der Waals surface area contributed by atoms with Gasteiger partial charge in [-0.25, -0.2) is 0 Å². The van der Waals surface area contributed by atoms with Crippen LogP contribution in [-0.4, -0.2) is 0 Å². The quantitative estimate of drug-likeness (QED) is 0.486. The molecule has 0 unspecified atom stereocenters. The van der Waals surface area contributed by atoms with Crippen LogP contribution in [0.5, 0.6) is 0 Å². The van der Waals surface area contributed by atoms with Crippen molar-refractivity contribution < 1.29 is 4.42 Å². The number of fused-ring (bicyclic) bond motifs is 1. The van der Waals surface area contributed by atoms with Crippen LogP contribution in [-0.2, 0) is 12.8 Å². The second-order valence-corrected chi connectivity index (χ2v) is 7.96. The Labute approximate surface area is 162 Å². The minimum Gasteiger partial charge on any atom is -0.461 e. The van der Waals surface area contributed by atoms with Crippen LogP contribution in [0, 0.1) is 34.6 Å². The van der Waals surface area contributed by atoms with Crippen LogP contribution in [0.1, 0.15) is 57.4 Å². The van der Waals surface area contributed by atoms with E-state index in [-0.39, 0.29) is 0 Å². The normalized spacial score (nSPS) is 13.0. The lowest BCUT2D eigenvalue weighted by atomic mass is 9.88. The molecule has 0 saturated carbocycles. The Morgan fingerprint density at radius 3 is 2.19 bits per heavy atom. The molecule has 0 aliphatic heterocycles. The molecule has 1 heterocycles. The van der Waals surface area contributed by atoms with Gasteiger partial charge in [-0.2, -0.15) is 0 Å². The first-order valence-corrected chi connectivity index (χ1v) is 9.90. The molecule has 1 nitrogen and oxygen atoms in total. The molecule has 0 amide bonds. The summed E-state index contributed by atoms with van der Waals surface area (Å²) in [7, 11) is 0. The minimum absolute atomic E-state index is 0.947. The fraction of sp³-hybridized carbons (Fsp3) is 0.308. The smallest absolute Gasteiger partial charge is 0.130 e. The van der Waals surface area contributed by atoms with E-state index in [9.17, 15) is 0 Å². The molecule has 3 aromatic rings. The van der Waals surface area contributed by atoms with Gasteiger partial charge in [0.25, 0.3) is 0 Å². The topological polar surface area (TPSA) is 13.1 Å². The van der Waals surface area contributed by atoms with Crippen molar-refractivity contribution in [1.82, 2.24) is 0 Å². The van der Waals surface area contributed by atoms with Crippen LogP contribution in [0.4, 0.5) is 0 Å². The fourth-order valence-corrected chi connectivity index (χ4v) is 4.16. The van der Waals surface area contributed by atoms with Gasteiger partial charge in [0.15, 0.2) is 0 Å². The summed E-state index contributed by atoms with van der Waals surface area (Å²) in [6, 6.07) is 11.5. The van der Waals surface area contributed by atoms with Crippen molar-refractivity contribution in [3.63, 3.8) is 0 Å². The van der Waals surface area contributed by atoms with E-state index in [1.54, 1.807) is 0 Å². The van der Waals surface area contributed by atoms with E-state index in [0.29, 0.717) is 0 Å². The molecule has 138 valence electrons. The van der Waals surface area contributed by atoms with Crippen molar-refractivity contribution in [3.8, 4) is 11.1 Å². The fourth-order valence-electron chi connectivity index (χ4n) is 4.16. The summed E-state index contributed by atoms with van der Waals surface area (Å²) in [6.07, 6.45) is 4.34. The molecule has 27 heavy (non-hydrogen) atoms. The molecular weight excluding hydrogens is 328 g/mol. The molecule has 2 aromatic carbocycles. The van der Waals surface area contributed by atoms with Gasteiger partial charge in [0, 0.05) is 6.42 Å². The monoisotopic (exact) mass is 356 g/mol. The van der Waals surface area contributed by atoms with Crippen LogP contribution in [0.25, 0.3) is 22.8 Å². The Hall–Kier alpha value is -2.54. The summed E-state index contributed by atoms with van der Waals surface area (Å²) in [5, 5.41) is 0. The van der Waals surface area contributed by atoms with E-state index in [0.717, 1.165) is 24.4 Å². The summed E-state index contributed by atoms with van der Waals surface area (Å²) in [5.74, 6) is 2.03. The van der Waals surface area contributed by atoms with E-state index in [2.05, 4.69) is 71.0 Å². The highest BCUT2D eigenvalue weighted by Crippen LogP contribution is 2.41. The molecule has 0 N–H and O–H groups in total. The van der Waals surface area contributed by atoms with Crippen LogP contribution in [0.3, 0.4) is 0 Å². The van der Waals surface area contributed by atoms with E-state index >= 15 is 0 Å². The number of rotatable bonds is 3. The summed E-state index contributed by atoms with van der Waals surface area (Å²) < 4.78 is 6.02. The first kappa shape index (κ1) is 17.9. The molecule has 0 spiro atoms. The summed E-state index contributed by atoms with van der Waals surface area (Å²) in [4.78, 5) is 0. The second-order valence-electron chi connectivity index (χ2n) is 7.96. The van der Waals surface area contributed by atoms with Crippen molar-refractivity contribution >= 4 is 11.6 Å². The highest BCUT2D eigenvalue weighted by Gasteiger charge is 2.22. The molecule has 1 aliphatic carbocycles. The number of hydrogen-bond acceptors (Lipinski definition) is 1. The zero-order chi connectivity index (χ0) is 19.3. The number of allylic oxidation sites excluding steroid dienone is 1. The van der Waals surface area contributed by atoms with Crippen LogP contribution in [0.2, 0.25) is 0 Å². The van der Waals surface area contributed by atoms with Crippen molar-refractivity contribution in [1.29, 1.82) is 0 Å². The van der Waals surface area contributed by atoms with Crippen LogP contribution in [0.15, 0.2) is 34.7 Å². The third kappa shape index (κ3) is 2.96. The molecule has 0 radical (unpaired) electrons. The molecule has 1 aromatic heterocycles. The van der Waals surface area contributed by atoms with Crippen molar-refractivity contribution in [2.45, 2.75) is 54.4 Å². The Morgan fingerprint density at radius 1 is 0.889 bits per heavy atom. The van der Waals surface area contributed by atoms with E-state index < -0.39 is 0 Å². The maximum atomic E-state index is 6.02. The molecule has 4 rings (SSSR count). The highest BCUT2D eigenvalue weighted by molar-refractivity contribution is 5.94. The van der Waals surface area contributed by atoms with Crippen LogP contribution >= 0.6 is 0 Å². The summed E-state index contributed by atoms with van der Waals surface area (Å²) in [5.41, 5.74) is 13.6. The maximum Gasteiger partial charge on any atom is 0.130 e. The number of benzene rings is 2. The van der Waals surface area contributed by atoms with Crippen molar-refractivity contribution in [2.75, 3.05) is 0 Å². The Kier molecular flexibility index (Phi) is 4.34. The van der Waals surface area contributed by atoms with Gasteiger partial charge in [-0.15, -0.1) is 0 Å². The van der Waals surface area contributed by atoms with Gasteiger partial charge in [-0.3, -0.25) is 0 Å². The zero-order valence-corrected chi connectivity index (χ0v) is 17.3. The molecule has 1 heteroatoms. The molecule has 0 fully saturated rings. The van der Waals surface area contributed by atoms with Gasteiger partial charge in [0.05, 0.1) is 0 Å². The SMILES string of the molecule is CCc1ccc2c(c1-c1cc(C)c(C)c(C)c1)C=C(c1cc(C)c(C)o1)C2. The zero-order valence-electron chi connectivity index (χ0n) is 17.3. The van der Waals surface area contributed by atoms with E-state index in [4.69, 9.17) is 4.42 Å². The van der Waals surface area contributed by atoms with Crippen molar-refractivity contribution in [2.24, 2.45) is 0 Å². The number of hydrogen-bond donors (Lipinski definition) is 0. The molecule has 0 atom stereocenters. The molecular formula is C26H28O. The average molecular weight is 357 g/mol. The van der Waals surface area contributed by atoms with E-state index in [1.807, 2.05) is 6.92 Å². The lowest BCUT2D eigenvalue weighted by Crippen LogP contribution is -1.96. The average Bonchev–Trinajstić information content (AvgIpc) is 3.21. The predicted molar refractivity (Wildman–Crippen MR) is 115 cm³/mol. The third-order valence-corrected chi connectivity index (χ3v) is 6.20. The first-order valence-electron chi connectivity index (χ1n) is 9.90. The number of aryl methyl sites for hydroxylation is 5. The molecule has 0 saturated heterocycles. The first-order chi connectivity index (χ1) is 12.9. The van der Waals surface area contributed by atoms with Gasteiger partial charge in [0.2, 0.25) is 0 Å². The Balaban J connectivity index is 1.91. The Bertz CT molecular complexity index is 1030. The standard InChI is InChI=1S/C26H28O/c1-7-20-8-9-21-13-22(25-12-17(4)19(6)27-25)14-24(21)26(20)23-10-15(2)18(5)16(3)11-23/h8-12,14H,7,13H2,1-6H3.